The molecule has 10 heteroatoms. The Bertz CT molecular complexity index is 1670. The molecule has 4 aromatic rings. The molecule has 0 saturated carbocycles. The Labute approximate surface area is 256 Å². The van der Waals surface area contributed by atoms with E-state index >= 15 is 4.39 Å². The van der Waals surface area contributed by atoms with Crippen LogP contribution in [0.25, 0.3) is 0 Å². The molecule has 0 aromatic heterocycles. The molecule has 1 aliphatic rings. The van der Waals surface area contributed by atoms with Gasteiger partial charge in [-0.3, -0.25) is 4.79 Å². The molecule has 1 amide bonds. The molecular formula is C34H34F3N3O3S. The van der Waals surface area contributed by atoms with Gasteiger partial charge in [0.25, 0.3) is 0 Å². The fourth-order valence-electron chi connectivity index (χ4n) is 5.84. The molecule has 44 heavy (non-hydrogen) atoms. The molecule has 230 valence electrons. The third kappa shape index (κ3) is 7.04. The fourth-order valence-corrected chi connectivity index (χ4v) is 7.52. The van der Waals surface area contributed by atoms with E-state index in [9.17, 15) is 22.0 Å². The summed E-state index contributed by atoms with van der Waals surface area (Å²) in [5, 5.41) is 6.07. The molecular weight excluding hydrogens is 587 g/mol. The number of rotatable bonds is 10. The molecule has 2 N–H and O–H groups in total. The second kappa shape index (κ2) is 13.8. The number of hydrogen-bond acceptors (Lipinski definition) is 4. The van der Waals surface area contributed by atoms with Gasteiger partial charge in [-0.2, -0.15) is 4.31 Å². The number of benzene rings is 4. The van der Waals surface area contributed by atoms with Crippen LogP contribution in [0.4, 0.5) is 18.9 Å². The number of amides is 1. The molecule has 1 fully saturated rings. The van der Waals surface area contributed by atoms with Crippen molar-refractivity contribution < 1.29 is 26.4 Å². The van der Waals surface area contributed by atoms with Crippen LogP contribution in [0, 0.1) is 23.4 Å². The Morgan fingerprint density at radius 1 is 0.909 bits per heavy atom. The van der Waals surface area contributed by atoms with Gasteiger partial charge >= 0.3 is 0 Å². The number of hydrogen-bond donors (Lipinski definition) is 2. The van der Waals surface area contributed by atoms with Gasteiger partial charge in [0, 0.05) is 48.8 Å². The first-order chi connectivity index (χ1) is 21.1. The quantitative estimate of drug-likeness (QED) is 0.224. The third-order valence-corrected chi connectivity index (χ3v) is 10.0. The van der Waals surface area contributed by atoms with Gasteiger partial charge in [-0.15, -0.1) is 0 Å². The number of piperazine rings is 1. The summed E-state index contributed by atoms with van der Waals surface area (Å²) >= 11 is 0. The molecule has 0 aliphatic carbocycles. The molecule has 0 radical (unpaired) electrons. The van der Waals surface area contributed by atoms with Crippen molar-refractivity contribution in [3.63, 3.8) is 0 Å². The number of nitrogens with zero attached hydrogens (tertiary/aromatic N) is 1. The summed E-state index contributed by atoms with van der Waals surface area (Å²) in [5.74, 6) is -3.41. The van der Waals surface area contributed by atoms with E-state index in [1.807, 2.05) is 0 Å². The van der Waals surface area contributed by atoms with E-state index in [-0.39, 0.29) is 29.1 Å². The Morgan fingerprint density at radius 3 is 2.18 bits per heavy atom. The lowest BCUT2D eigenvalue weighted by molar-refractivity contribution is -0.119. The summed E-state index contributed by atoms with van der Waals surface area (Å²) in [6.45, 7) is 2.85. The van der Waals surface area contributed by atoms with E-state index in [4.69, 9.17) is 0 Å². The van der Waals surface area contributed by atoms with Gasteiger partial charge in [-0.25, -0.2) is 21.6 Å². The summed E-state index contributed by atoms with van der Waals surface area (Å²) in [4.78, 5) is 13.9. The topological polar surface area (TPSA) is 78.5 Å². The summed E-state index contributed by atoms with van der Waals surface area (Å²) in [7, 11) is -3.76. The SMILES string of the molecule is C[C@H](C(=O)Nc1cccc(F)c1CC[C@H]1CNCCN1S(=O)(=O)c1ccccc1)C(c1cccc(F)c1)c1cccc(F)c1. The smallest absolute Gasteiger partial charge is 0.243 e. The summed E-state index contributed by atoms with van der Waals surface area (Å²) in [6, 6.07) is 23.8. The molecule has 0 bridgehead atoms. The standard InChI is InChI=1S/C34H34F3N3O3S/c1-23(33(24-8-5-10-26(35)20-24)25-9-6-11-27(36)21-25)34(41)39-32-15-7-14-31(37)30(32)17-16-28-22-38-18-19-40(28)44(42,43)29-12-3-2-4-13-29/h2-15,20-21,23,28,33,38H,16-19,22H2,1H3,(H,39,41)/t23-,28-/m0/s1. The minimum atomic E-state index is -3.76. The third-order valence-electron chi connectivity index (χ3n) is 8.08. The van der Waals surface area contributed by atoms with E-state index in [1.54, 1.807) is 55.5 Å². The van der Waals surface area contributed by atoms with Crippen LogP contribution in [-0.4, -0.2) is 44.3 Å². The molecule has 2 atom stereocenters. The zero-order chi connectivity index (χ0) is 31.3. The molecule has 0 unspecified atom stereocenters. The zero-order valence-corrected chi connectivity index (χ0v) is 25.0. The maximum atomic E-state index is 15.2. The predicted octanol–water partition coefficient (Wildman–Crippen LogP) is 6.11. The lowest BCUT2D eigenvalue weighted by atomic mass is 9.81. The van der Waals surface area contributed by atoms with Crippen LogP contribution < -0.4 is 10.6 Å². The van der Waals surface area contributed by atoms with E-state index in [1.165, 1.54) is 52.8 Å². The van der Waals surface area contributed by atoms with Gasteiger partial charge in [0.05, 0.1) is 4.90 Å². The first-order valence-electron chi connectivity index (χ1n) is 14.5. The first kappa shape index (κ1) is 31.4. The maximum Gasteiger partial charge on any atom is 0.243 e. The molecule has 1 heterocycles. The van der Waals surface area contributed by atoms with Crippen LogP contribution in [0.2, 0.25) is 0 Å². The largest absolute Gasteiger partial charge is 0.325 e. The summed E-state index contributed by atoms with van der Waals surface area (Å²) in [5.41, 5.74) is 1.52. The Balaban J connectivity index is 1.37. The molecule has 4 aromatic carbocycles. The van der Waals surface area contributed by atoms with Crippen LogP contribution >= 0.6 is 0 Å². The van der Waals surface area contributed by atoms with E-state index in [2.05, 4.69) is 10.6 Å². The van der Waals surface area contributed by atoms with Crippen LogP contribution in [0.1, 0.15) is 36.0 Å². The van der Waals surface area contributed by atoms with Gasteiger partial charge in [0.15, 0.2) is 0 Å². The predicted molar refractivity (Wildman–Crippen MR) is 164 cm³/mol. The van der Waals surface area contributed by atoms with E-state index in [0.717, 1.165) is 0 Å². The number of halogens is 3. The van der Waals surface area contributed by atoms with Gasteiger partial charge in [-0.05, 0) is 72.5 Å². The fraction of sp³-hybridized carbons (Fsp3) is 0.265. The second-order valence-corrected chi connectivity index (χ2v) is 12.8. The van der Waals surface area contributed by atoms with Gasteiger partial charge in [-0.1, -0.05) is 55.5 Å². The van der Waals surface area contributed by atoms with Crippen LogP contribution in [-0.2, 0) is 21.2 Å². The number of nitrogens with one attached hydrogen (secondary N) is 2. The van der Waals surface area contributed by atoms with Crippen molar-refractivity contribution in [3.8, 4) is 0 Å². The number of sulfonamides is 1. The van der Waals surface area contributed by atoms with E-state index in [0.29, 0.717) is 30.6 Å². The summed E-state index contributed by atoms with van der Waals surface area (Å²) in [6.07, 6.45) is 0.481. The molecule has 1 saturated heterocycles. The second-order valence-electron chi connectivity index (χ2n) is 11.0. The van der Waals surface area contributed by atoms with Gasteiger partial charge in [0.1, 0.15) is 17.5 Å². The normalized spacial score (nSPS) is 16.5. The molecule has 6 nitrogen and oxygen atoms in total. The maximum absolute atomic E-state index is 15.2. The van der Waals surface area contributed by atoms with Crippen molar-refractivity contribution >= 4 is 21.6 Å². The Hall–Kier alpha value is -3.99. The van der Waals surface area contributed by atoms with Crippen molar-refractivity contribution in [2.24, 2.45) is 5.92 Å². The van der Waals surface area contributed by atoms with Crippen LogP contribution in [0.15, 0.2) is 102 Å². The highest BCUT2D eigenvalue weighted by atomic mass is 32.2. The minimum absolute atomic E-state index is 0.168. The van der Waals surface area contributed by atoms with Gasteiger partial charge in [0.2, 0.25) is 15.9 Å². The number of carbonyl (C=O) groups excluding carboxylic acids is 1. The first-order valence-corrected chi connectivity index (χ1v) is 16.0. The zero-order valence-electron chi connectivity index (χ0n) is 24.2. The van der Waals surface area contributed by atoms with Crippen molar-refractivity contribution in [1.29, 1.82) is 0 Å². The van der Waals surface area contributed by atoms with Crippen molar-refractivity contribution in [3.05, 3.63) is 131 Å². The van der Waals surface area contributed by atoms with Crippen LogP contribution in [0.3, 0.4) is 0 Å². The minimum Gasteiger partial charge on any atom is -0.325 e. The molecule has 5 rings (SSSR count). The van der Waals surface area contributed by atoms with Crippen molar-refractivity contribution in [1.82, 2.24) is 9.62 Å². The lowest BCUT2D eigenvalue weighted by Gasteiger charge is -2.35. The number of anilines is 1. The lowest BCUT2D eigenvalue weighted by Crippen LogP contribution is -2.53. The number of carbonyl (C=O) groups is 1. The highest BCUT2D eigenvalue weighted by Crippen LogP contribution is 2.34. The summed E-state index contributed by atoms with van der Waals surface area (Å²) < 4.78 is 72.0. The van der Waals surface area contributed by atoms with E-state index < -0.39 is 51.3 Å². The Kier molecular flexibility index (Phi) is 9.83. The highest BCUT2D eigenvalue weighted by Gasteiger charge is 2.34. The van der Waals surface area contributed by atoms with Crippen LogP contribution in [0.5, 0.6) is 0 Å². The monoisotopic (exact) mass is 621 g/mol. The van der Waals surface area contributed by atoms with Gasteiger partial charge < -0.3 is 10.6 Å². The Morgan fingerprint density at radius 2 is 1.55 bits per heavy atom. The average molecular weight is 622 g/mol. The van der Waals surface area contributed by atoms with Crippen molar-refractivity contribution in [2.75, 3.05) is 25.0 Å². The molecule has 1 aliphatic heterocycles. The molecule has 0 spiro atoms. The average Bonchev–Trinajstić information content (AvgIpc) is 3.01. The highest BCUT2D eigenvalue weighted by molar-refractivity contribution is 7.89. The van der Waals surface area contributed by atoms with Crippen molar-refractivity contribution in [2.45, 2.75) is 36.6 Å².